The molecule has 3 aromatic rings. The van der Waals surface area contributed by atoms with Crippen molar-refractivity contribution >= 4 is 28.5 Å². The topological polar surface area (TPSA) is 75.0 Å². The van der Waals surface area contributed by atoms with Gasteiger partial charge in [-0.3, -0.25) is 0 Å². The van der Waals surface area contributed by atoms with E-state index in [2.05, 4.69) is 0 Å². The highest BCUT2D eigenvalue weighted by atomic mass is 35.5. The van der Waals surface area contributed by atoms with E-state index in [1.807, 2.05) is 0 Å². The third-order valence-corrected chi connectivity index (χ3v) is 4.37. The van der Waals surface area contributed by atoms with Crippen LogP contribution in [0.1, 0.15) is 22.3 Å². The maximum absolute atomic E-state index is 12.3. The Morgan fingerprint density at radius 3 is 2.81 bits per heavy atom. The van der Waals surface area contributed by atoms with Gasteiger partial charge in [0.2, 0.25) is 0 Å². The largest absolute Gasteiger partial charge is 0.489 e. The molecular formula is C20H15ClO6. The highest BCUT2D eigenvalue weighted by Crippen LogP contribution is 2.38. The molecule has 0 fully saturated rings. The summed E-state index contributed by atoms with van der Waals surface area (Å²) in [6.45, 7) is 0.977. The second-order valence-corrected chi connectivity index (χ2v) is 6.42. The highest BCUT2D eigenvalue weighted by molar-refractivity contribution is 6.32. The normalized spacial score (nSPS) is 13.2. The molecule has 7 heteroatoms. The summed E-state index contributed by atoms with van der Waals surface area (Å²) in [6, 6.07) is 11.8. The first-order valence-corrected chi connectivity index (χ1v) is 8.77. The molecule has 1 aromatic heterocycles. The molecule has 4 rings (SSSR count). The molecule has 138 valence electrons. The average molecular weight is 387 g/mol. The summed E-state index contributed by atoms with van der Waals surface area (Å²) in [4.78, 5) is 24.4. The first-order valence-electron chi connectivity index (χ1n) is 8.40. The SMILES string of the molecule is O=C(OCc1cc(Cl)c2c(c1)OCCCO2)c1cc2ccccc2oc1=O. The lowest BCUT2D eigenvalue weighted by Crippen LogP contribution is -2.16. The lowest BCUT2D eigenvalue weighted by Gasteiger charge is -2.12. The van der Waals surface area contributed by atoms with Crippen LogP contribution in [0.15, 0.2) is 51.7 Å². The van der Waals surface area contributed by atoms with Crippen LogP contribution in [0.3, 0.4) is 0 Å². The fraction of sp³-hybridized carbons (Fsp3) is 0.200. The van der Waals surface area contributed by atoms with Gasteiger partial charge in [0, 0.05) is 11.8 Å². The van der Waals surface area contributed by atoms with Gasteiger partial charge in [-0.15, -0.1) is 0 Å². The summed E-state index contributed by atoms with van der Waals surface area (Å²) < 4.78 is 21.6. The van der Waals surface area contributed by atoms with Gasteiger partial charge in [-0.05, 0) is 29.8 Å². The minimum absolute atomic E-state index is 0.0680. The molecule has 0 radical (unpaired) electrons. The molecule has 0 aliphatic carbocycles. The maximum Gasteiger partial charge on any atom is 0.351 e. The standard InChI is InChI=1S/C20H15ClO6/c21-15-8-12(9-17-18(15)25-7-3-6-24-17)11-26-19(22)14-10-13-4-1-2-5-16(13)27-20(14)23/h1-2,4-5,8-10H,3,6-7,11H2. The molecule has 27 heavy (non-hydrogen) atoms. The first-order chi connectivity index (χ1) is 13.1. The molecule has 2 aromatic carbocycles. The van der Waals surface area contributed by atoms with Gasteiger partial charge in [0.05, 0.1) is 18.2 Å². The number of carbonyl (C=O) groups excluding carboxylic acids is 1. The van der Waals surface area contributed by atoms with Crippen molar-refractivity contribution in [2.75, 3.05) is 13.2 Å². The number of benzene rings is 2. The Labute approximate surface area is 159 Å². The second kappa shape index (κ2) is 7.32. The van der Waals surface area contributed by atoms with Crippen molar-refractivity contribution in [2.45, 2.75) is 13.0 Å². The lowest BCUT2D eigenvalue weighted by atomic mass is 10.2. The second-order valence-electron chi connectivity index (χ2n) is 6.02. The average Bonchev–Trinajstić information content (AvgIpc) is 2.91. The van der Waals surface area contributed by atoms with Crippen molar-refractivity contribution < 1.29 is 23.4 Å². The Balaban J connectivity index is 1.54. The minimum Gasteiger partial charge on any atom is -0.489 e. The summed E-state index contributed by atoms with van der Waals surface area (Å²) in [7, 11) is 0. The smallest absolute Gasteiger partial charge is 0.351 e. The summed E-state index contributed by atoms with van der Waals surface area (Å²) in [5.74, 6) is 0.230. The number of ether oxygens (including phenoxy) is 3. The van der Waals surface area contributed by atoms with Gasteiger partial charge < -0.3 is 18.6 Å². The van der Waals surface area contributed by atoms with Gasteiger partial charge in [0.15, 0.2) is 11.5 Å². The van der Waals surface area contributed by atoms with Crippen LogP contribution in [0.5, 0.6) is 11.5 Å². The van der Waals surface area contributed by atoms with E-state index in [1.165, 1.54) is 6.07 Å². The van der Waals surface area contributed by atoms with E-state index in [4.69, 9.17) is 30.2 Å². The number of carbonyl (C=O) groups is 1. The fourth-order valence-corrected chi connectivity index (χ4v) is 3.09. The minimum atomic E-state index is -0.766. The van der Waals surface area contributed by atoms with E-state index in [0.717, 1.165) is 6.42 Å². The van der Waals surface area contributed by atoms with Crippen LogP contribution in [-0.4, -0.2) is 19.2 Å². The van der Waals surface area contributed by atoms with Gasteiger partial charge in [-0.1, -0.05) is 29.8 Å². The van der Waals surface area contributed by atoms with Gasteiger partial charge in [0.1, 0.15) is 17.8 Å². The summed E-state index contributed by atoms with van der Waals surface area (Å²) >= 11 is 6.23. The zero-order chi connectivity index (χ0) is 18.8. The Bertz CT molecular complexity index is 1070. The molecule has 1 aliphatic heterocycles. The van der Waals surface area contributed by atoms with Gasteiger partial charge in [-0.2, -0.15) is 0 Å². The predicted octanol–water partition coefficient (Wildman–Crippen LogP) is 3.96. The Kier molecular flexibility index (Phi) is 4.73. The van der Waals surface area contributed by atoms with Crippen LogP contribution in [0, 0.1) is 0 Å². The number of esters is 1. The van der Waals surface area contributed by atoms with Gasteiger partial charge in [-0.25, -0.2) is 9.59 Å². The Morgan fingerprint density at radius 1 is 1.11 bits per heavy atom. The molecular weight excluding hydrogens is 372 g/mol. The lowest BCUT2D eigenvalue weighted by molar-refractivity contribution is 0.0467. The van der Waals surface area contributed by atoms with Crippen LogP contribution in [0.2, 0.25) is 5.02 Å². The monoisotopic (exact) mass is 386 g/mol. The molecule has 0 amide bonds. The van der Waals surface area contributed by atoms with Crippen molar-refractivity contribution in [1.29, 1.82) is 0 Å². The number of fused-ring (bicyclic) bond motifs is 2. The Hall–Kier alpha value is -2.99. The number of hydrogen-bond acceptors (Lipinski definition) is 6. The molecule has 0 atom stereocenters. The third kappa shape index (κ3) is 3.61. The van der Waals surface area contributed by atoms with Gasteiger partial charge in [0.25, 0.3) is 0 Å². The van der Waals surface area contributed by atoms with Crippen molar-refractivity contribution in [3.05, 3.63) is 69.0 Å². The first kappa shape index (κ1) is 17.4. The van der Waals surface area contributed by atoms with E-state index in [9.17, 15) is 9.59 Å². The van der Waals surface area contributed by atoms with Crippen molar-refractivity contribution in [3.8, 4) is 11.5 Å². The van der Waals surface area contributed by atoms with E-state index in [1.54, 1.807) is 36.4 Å². The number of rotatable bonds is 3. The molecule has 0 bridgehead atoms. The van der Waals surface area contributed by atoms with Crippen LogP contribution < -0.4 is 15.1 Å². The molecule has 0 saturated heterocycles. The highest BCUT2D eigenvalue weighted by Gasteiger charge is 2.18. The Morgan fingerprint density at radius 2 is 1.93 bits per heavy atom. The summed E-state index contributed by atoms with van der Waals surface area (Å²) in [5, 5.41) is 1.02. The van der Waals surface area contributed by atoms with Crippen molar-refractivity contribution in [3.63, 3.8) is 0 Å². The molecule has 2 heterocycles. The van der Waals surface area contributed by atoms with Crippen LogP contribution in [0.4, 0.5) is 0 Å². The number of halogens is 1. The quantitative estimate of drug-likeness (QED) is 0.501. The zero-order valence-electron chi connectivity index (χ0n) is 14.2. The molecule has 0 spiro atoms. The summed E-state index contributed by atoms with van der Waals surface area (Å²) in [6.07, 6.45) is 0.757. The zero-order valence-corrected chi connectivity index (χ0v) is 15.0. The maximum atomic E-state index is 12.3. The van der Waals surface area contributed by atoms with Crippen LogP contribution in [-0.2, 0) is 11.3 Å². The molecule has 0 saturated carbocycles. The third-order valence-electron chi connectivity index (χ3n) is 4.09. The van der Waals surface area contributed by atoms with Gasteiger partial charge >= 0.3 is 11.6 Å². The van der Waals surface area contributed by atoms with E-state index < -0.39 is 11.6 Å². The number of hydrogen-bond donors (Lipinski definition) is 0. The molecule has 0 N–H and O–H groups in total. The molecule has 1 aliphatic rings. The van der Waals surface area contributed by atoms with Crippen molar-refractivity contribution in [1.82, 2.24) is 0 Å². The van der Waals surface area contributed by atoms with Crippen LogP contribution in [0.25, 0.3) is 11.0 Å². The predicted molar refractivity (Wildman–Crippen MR) is 98.7 cm³/mol. The fourth-order valence-electron chi connectivity index (χ4n) is 2.80. The van der Waals surface area contributed by atoms with E-state index >= 15 is 0 Å². The van der Waals surface area contributed by atoms with Crippen LogP contribution >= 0.6 is 11.6 Å². The molecule has 0 unspecified atom stereocenters. The number of para-hydroxylation sites is 1. The molecule has 6 nitrogen and oxygen atoms in total. The summed E-state index contributed by atoms with van der Waals surface area (Å²) in [5.41, 5.74) is 0.140. The van der Waals surface area contributed by atoms with E-state index in [-0.39, 0.29) is 12.2 Å². The van der Waals surface area contributed by atoms with E-state index in [0.29, 0.717) is 46.3 Å². The van der Waals surface area contributed by atoms with Crippen molar-refractivity contribution in [2.24, 2.45) is 0 Å².